The fourth-order valence-corrected chi connectivity index (χ4v) is 2.00. The average molecular weight is 251 g/mol. The quantitative estimate of drug-likeness (QED) is 0.769. The molecule has 0 aromatic heterocycles. The fourth-order valence-electron chi connectivity index (χ4n) is 2.00. The first kappa shape index (κ1) is 14.5. The topological polar surface area (TPSA) is 69.6 Å². The maximum Gasteiger partial charge on any atom is 0.404 e. The van der Waals surface area contributed by atoms with Gasteiger partial charge in [-0.2, -0.15) is 0 Å². The second kappa shape index (κ2) is 5.87. The van der Waals surface area contributed by atoms with Crippen LogP contribution in [-0.2, 0) is 6.42 Å². The summed E-state index contributed by atoms with van der Waals surface area (Å²) in [6.45, 7) is 5.71. The molecule has 0 saturated heterocycles. The van der Waals surface area contributed by atoms with Crippen LogP contribution >= 0.6 is 0 Å². The fraction of sp³-hybridized carbons (Fsp3) is 0.500. The Hall–Kier alpha value is -1.55. The standard InChI is InChI=1S/C14H21NO3/c1-14(2,3)12(15-13(17)18)11(16)9-10-7-5-4-6-8-10/h4-8,11-12,15-16H,9H2,1-3H3,(H,17,18). The number of hydrogen-bond acceptors (Lipinski definition) is 2. The van der Waals surface area contributed by atoms with Crippen molar-refractivity contribution in [3.05, 3.63) is 35.9 Å². The molecule has 100 valence electrons. The second-order valence-corrected chi connectivity index (χ2v) is 5.55. The SMILES string of the molecule is CC(C)(C)C(NC(=O)O)C(O)Cc1ccccc1. The van der Waals surface area contributed by atoms with Gasteiger partial charge in [0.1, 0.15) is 0 Å². The van der Waals surface area contributed by atoms with Gasteiger partial charge in [0.15, 0.2) is 0 Å². The van der Waals surface area contributed by atoms with E-state index in [0.29, 0.717) is 6.42 Å². The summed E-state index contributed by atoms with van der Waals surface area (Å²) >= 11 is 0. The Labute approximate surface area is 108 Å². The Morgan fingerprint density at radius 1 is 1.28 bits per heavy atom. The van der Waals surface area contributed by atoms with Crippen LogP contribution in [0, 0.1) is 5.41 Å². The number of aliphatic hydroxyl groups is 1. The predicted octanol–water partition coefficient (Wildman–Crippen LogP) is 2.27. The molecule has 0 aliphatic heterocycles. The van der Waals surface area contributed by atoms with Crippen LogP contribution in [0.4, 0.5) is 4.79 Å². The van der Waals surface area contributed by atoms with E-state index in [2.05, 4.69) is 5.32 Å². The average Bonchev–Trinajstić information content (AvgIpc) is 2.25. The van der Waals surface area contributed by atoms with E-state index in [9.17, 15) is 9.90 Å². The van der Waals surface area contributed by atoms with Gasteiger partial charge in [-0.15, -0.1) is 0 Å². The largest absolute Gasteiger partial charge is 0.465 e. The van der Waals surface area contributed by atoms with Gasteiger partial charge in [-0.25, -0.2) is 4.79 Å². The van der Waals surface area contributed by atoms with E-state index in [1.165, 1.54) is 0 Å². The molecule has 0 spiro atoms. The van der Waals surface area contributed by atoms with Crippen molar-refractivity contribution in [2.75, 3.05) is 0 Å². The number of aliphatic hydroxyl groups excluding tert-OH is 1. The van der Waals surface area contributed by atoms with Gasteiger partial charge >= 0.3 is 6.09 Å². The van der Waals surface area contributed by atoms with E-state index in [1.807, 2.05) is 51.1 Å². The van der Waals surface area contributed by atoms with E-state index >= 15 is 0 Å². The van der Waals surface area contributed by atoms with Crippen molar-refractivity contribution in [1.29, 1.82) is 0 Å². The number of nitrogens with one attached hydrogen (secondary N) is 1. The molecule has 1 rings (SSSR count). The third kappa shape index (κ3) is 4.37. The lowest BCUT2D eigenvalue weighted by Gasteiger charge is -2.34. The van der Waals surface area contributed by atoms with Crippen molar-refractivity contribution in [3.63, 3.8) is 0 Å². The molecular weight excluding hydrogens is 230 g/mol. The highest BCUT2D eigenvalue weighted by Crippen LogP contribution is 2.23. The van der Waals surface area contributed by atoms with E-state index in [1.54, 1.807) is 0 Å². The van der Waals surface area contributed by atoms with Crippen LogP contribution in [0.1, 0.15) is 26.3 Å². The molecule has 2 unspecified atom stereocenters. The summed E-state index contributed by atoms with van der Waals surface area (Å²) in [5.41, 5.74) is 0.651. The van der Waals surface area contributed by atoms with Crippen LogP contribution < -0.4 is 5.32 Å². The van der Waals surface area contributed by atoms with Crippen LogP contribution in [0.25, 0.3) is 0 Å². The van der Waals surface area contributed by atoms with Crippen LogP contribution in [0.15, 0.2) is 30.3 Å². The zero-order valence-corrected chi connectivity index (χ0v) is 11.1. The van der Waals surface area contributed by atoms with Gasteiger partial charge in [-0.05, 0) is 11.0 Å². The van der Waals surface area contributed by atoms with Crippen molar-refractivity contribution in [1.82, 2.24) is 5.32 Å². The van der Waals surface area contributed by atoms with Crippen LogP contribution in [-0.4, -0.2) is 28.5 Å². The molecule has 4 nitrogen and oxygen atoms in total. The minimum atomic E-state index is -1.11. The van der Waals surface area contributed by atoms with E-state index in [0.717, 1.165) is 5.56 Å². The molecule has 1 aromatic rings. The number of rotatable bonds is 4. The Morgan fingerprint density at radius 3 is 2.28 bits per heavy atom. The Bertz CT molecular complexity index is 384. The Kier molecular flexibility index (Phi) is 4.73. The van der Waals surface area contributed by atoms with Crippen molar-refractivity contribution >= 4 is 6.09 Å². The summed E-state index contributed by atoms with van der Waals surface area (Å²) in [7, 11) is 0. The number of carbonyl (C=O) groups is 1. The molecule has 3 N–H and O–H groups in total. The van der Waals surface area contributed by atoms with Gasteiger partial charge in [-0.3, -0.25) is 0 Å². The molecule has 18 heavy (non-hydrogen) atoms. The monoisotopic (exact) mass is 251 g/mol. The second-order valence-electron chi connectivity index (χ2n) is 5.55. The summed E-state index contributed by atoms with van der Waals surface area (Å²) in [5.74, 6) is 0. The summed E-state index contributed by atoms with van der Waals surface area (Å²) in [4.78, 5) is 10.8. The lowest BCUT2D eigenvalue weighted by atomic mass is 9.81. The zero-order chi connectivity index (χ0) is 13.8. The van der Waals surface area contributed by atoms with Crippen molar-refractivity contribution in [2.24, 2.45) is 5.41 Å². The van der Waals surface area contributed by atoms with Crippen molar-refractivity contribution in [2.45, 2.75) is 39.3 Å². The lowest BCUT2D eigenvalue weighted by molar-refractivity contribution is 0.0690. The van der Waals surface area contributed by atoms with E-state index in [4.69, 9.17) is 5.11 Å². The van der Waals surface area contributed by atoms with Crippen LogP contribution in [0.3, 0.4) is 0 Å². The highest BCUT2D eigenvalue weighted by atomic mass is 16.4. The summed E-state index contributed by atoms with van der Waals surface area (Å²) in [6, 6.07) is 9.05. The Morgan fingerprint density at radius 2 is 1.83 bits per heavy atom. The first-order chi connectivity index (χ1) is 8.30. The third-order valence-corrected chi connectivity index (χ3v) is 2.88. The smallest absolute Gasteiger partial charge is 0.404 e. The molecule has 0 radical (unpaired) electrons. The number of hydrogen-bond donors (Lipinski definition) is 3. The minimum Gasteiger partial charge on any atom is -0.465 e. The van der Waals surface area contributed by atoms with Crippen molar-refractivity contribution in [3.8, 4) is 0 Å². The molecule has 4 heteroatoms. The molecule has 2 atom stereocenters. The summed E-state index contributed by atoms with van der Waals surface area (Å²) in [5, 5.41) is 21.5. The van der Waals surface area contributed by atoms with Crippen LogP contribution in [0.2, 0.25) is 0 Å². The van der Waals surface area contributed by atoms with E-state index < -0.39 is 18.2 Å². The van der Waals surface area contributed by atoms with Crippen molar-refractivity contribution < 1.29 is 15.0 Å². The first-order valence-electron chi connectivity index (χ1n) is 6.02. The molecule has 1 amide bonds. The molecule has 1 aromatic carbocycles. The molecule has 0 aliphatic rings. The minimum absolute atomic E-state index is 0.341. The predicted molar refractivity (Wildman–Crippen MR) is 70.6 cm³/mol. The Balaban J connectivity index is 2.77. The lowest BCUT2D eigenvalue weighted by Crippen LogP contribution is -2.51. The number of amides is 1. The maximum atomic E-state index is 10.8. The molecule has 0 fully saturated rings. The zero-order valence-electron chi connectivity index (χ0n) is 11.1. The van der Waals surface area contributed by atoms with Gasteiger partial charge in [0.2, 0.25) is 0 Å². The normalized spacial score (nSPS) is 14.9. The molecule has 0 heterocycles. The van der Waals surface area contributed by atoms with Gasteiger partial charge < -0.3 is 15.5 Å². The van der Waals surface area contributed by atoms with Gasteiger partial charge in [0, 0.05) is 6.42 Å². The van der Waals surface area contributed by atoms with Gasteiger partial charge in [-0.1, -0.05) is 51.1 Å². The first-order valence-corrected chi connectivity index (χ1v) is 6.02. The third-order valence-electron chi connectivity index (χ3n) is 2.88. The molecule has 0 aliphatic carbocycles. The molecular formula is C14H21NO3. The number of carboxylic acid groups (broad SMARTS) is 1. The summed E-state index contributed by atoms with van der Waals surface area (Å²) < 4.78 is 0. The highest BCUT2D eigenvalue weighted by Gasteiger charge is 2.32. The highest BCUT2D eigenvalue weighted by molar-refractivity contribution is 5.65. The maximum absolute atomic E-state index is 10.8. The van der Waals surface area contributed by atoms with Crippen LogP contribution in [0.5, 0.6) is 0 Å². The number of benzene rings is 1. The van der Waals surface area contributed by atoms with Gasteiger partial charge in [0.25, 0.3) is 0 Å². The van der Waals surface area contributed by atoms with Gasteiger partial charge in [0.05, 0.1) is 12.1 Å². The molecule has 0 saturated carbocycles. The van der Waals surface area contributed by atoms with E-state index in [-0.39, 0.29) is 5.41 Å². The summed E-state index contributed by atoms with van der Waals surface area (Å²) in [6.07, 6.45) is -1.42. The molecule has 0 bridgehead atoms.